The van der Waals surface area contributed by atoms with E-state index in [1.54, 1.807) is 21.3 Å². The van der Waals surface area contributed by atoms with Crippen molar-refractivity contribution in [2.24, 2.45) is 47.3 Å². The molecule has 0 N–H and O–H groups in total. The normalized spacial score (nSPS) is 46.8. The van der Waals surface area contributed by atoms with Gasteiger partial charge in [0.2, 0.25) is 0 Å². The third-order valence-electron chi connectivity index (χ3n) is 14.6. The lowest BCUT2D eigenvalue weighted by molar-refractivity contribution is -0.314. The number of esters is 1. The van der Waals surface area contributed by atoms with E-state index < -0.39 is 12.4 Å². The van der Waals surface area contributed by atoms with Crippen LogP contribution in [-0.4, -0.2) is 120 Å². The maximum absolute atomic E-state index is 15.1. The van der Waals surface area contributed by atoms with Gasteiger partial charge in [0.1, 0.15) is 30.2 Å². The van der Waals surface area contributed by atoms with Crippen LogP contribution in [0.25, 0.3) is 0 Å². The number of ether oxygens (including phenoxy) is 8. The van der Waals surface area contributed by atoms with Crippen molar-refractivity contribution in [2.45, 2.75) is 160 Å². The SMILES string of the molecule is C=CC1C2C(=O)[C@H](C)[C@@H](O[C@H]3CC[C@H](N(C)C)C(C)O3)CCC[C@H](CC)OC(=O)C[C@H]2[C@@H]2C=C(C)[C@@H]3C[C@@H](O[C@@H]4OC(C)[C@H](OC)C(OC)C4OC)C[C@H]3[C@H]12. The fourth-order valence-corrected chi connectivity index (χ4v) is 11.9. The number of ketones is 1. The molecule has 0 radical (unpaired) electrons. The lowest BCUT2D eigenvalue weighted by Crippen LogP contribution is -2.59. The summed E-state index contributed by atoms with van der Waals surface area (Å²) in [6.07, 6.45) is 8.29. The van der Waals surface area contributed by atoms with Gasteiger partial charge in [0.25, 0.3) is 0 Å². The molecule has 312 valence electrons. The molecule has 0 amide bonds. The van der Waals surface area contributed by atoms with E-state index in [4.69, 9.17) is 37.9 Å². The lowest BCUT2D eigenvalue weighted by Gasteiger charge is -2.44. The smallest absolute Gasteiger partial charge is 0.306 e. The van der Waals surface area contributed by atoms with E-state index >= 15 is 4.79 Å². The zero-order chi connectivity index (χ0) is 39.7. The molecule has 6 unspecified atom stereocenters. The van der Waals surface area contributed by atoms with Crippen molar-refractivity contribution in [3.05, 3.63) is 24.3 Å². The Balaban J connectivity index is 1.26. The Bertz CT molecular complexity index is 1360. The largest absolute Gasteiger partial charge is 0.462 e. The Morgan fingerprint density at radius 3 is 2.25 bits per heavy atom. The molecule has 0 spiro atoms. The molecule has 6 aliphatic rings. The molecule has 55 heavy (non-hydrogen) atoms. The highest BCUT2D eigenvalue weighted by Gasteiger charge is 2.60. The highest BCUT2D eigenvalue weighted by atomic mass is 16.7. The van der Waals surface area contributed by atoms with E-state index in [0.717, 1.165) is 44.9 Å². The van der Waals surface area contributed by atoms with Crippen LogP contribution in [0.15, 0.2) is 24.3 Å². The molecule has 0 bridgehead atoms. The van der Waals surface area contributed by atoms with Crippen molar-refractivity contribution in [3.8, 4) is 0 Å². The van der Waals surface area contributed by atoms with Gasteiger partial charge in [-0.1, -0.05) is 31.6 Å². The van der Waals surface area contributed by atoms with Gasteiger partial charge < -0.3 is 42.8 Å². The maximum atomic E-state index is 15.1. The highest BCUT2D eigenvalue weighted by Crippen LogP contribution is 2.61. The first-order valence-electron chi connectivity index (χ1n) is 21.3. The number of Topliss-reactive ketones (excluding diaryl/α,β-unsaturated/α-hetero) is 1. The second kappa shape index (κ2) is 18.5. The average molecular weight is 774 g/mol. The Morgan fingerprint density at radius 1 is 0.891 bits per heavy atom. The van der Waals surface area contributed by atoms with Gasteiger partial charge in [-0.3, -0.25) is 9.59 Å². The van der Waals surface area contributed by atoms with Gasteiger partial charge in [-0.25, -0.2) is 0 Å². The minimum Gasteiger partial charge on any atom is -0.462 e. The molecular formula is C44H71NO10. The number of fused-ring (bicyclic) bond motifs is 5. The van der Waals surface area contributed by atoms with Crippen molar-refractivity contribution in [3.63, 3.8) is 0 Å². The third kappa shape index (κ3) is 8.70. The van der Waals surface area contributed by atoms with Gasteiger partial charge in [-0.05, 0) is 122 Å². The monoisotopic (exact) mass is 774 g/mol. The number of carbonyl (C=O) groups is 2. The molecule has 5 fully saturated rings. The van der Waals surface area contributed by atoms with E-state index in [1.165, 1.54) is 5.57 Å². The first-order chi connectivity index (χ1) is 26.3. The molecule has 3 saturated heterocycles. The molecule has 0 aromatic rings. The van der Waals surface area contributed by atoms with Gasteiger partial charge in [-0.2, -0.15) is 0 Å². The van der Waals surface area contributed by atoms with Gasteiger partial charge in [-0.15, -0.1) is 6.58 Å². The van der Waals surface area contributed by atoms with Crippen LogP contribution in [0, 0.1) is 47.3 Å². The van der Waals surface area contributed by atoms with Crippen LogP contribution >= 0.6 is 0 Å². The summed E-state index contributed by atoms with van der Waals surface area (Å²) in [7, 11) is 9.18. The molecule has 3 aliphatic heterocycles. The molecule has 2 saturated carbocycles. The number of carbonyl (C=O) groups excluding carboxylic acids is 2. The minimum absolute atomic E-state index is 0.0294. The van der Waals surface area contributed by atoms with Crippen LogP contribution in [0.2, 0.25) is 0 Å². The predicted molar refractivity (Wildman–Crippen MR) is 208 cm³/mol. The van der Waals surface area contributed by atoms with Crippen LogP contribution in [-0.2, 0) is 47.5 Å². The summed E-state index contributed by atoms with van der Waals surface area (Å²) in [5, 5.41) is 0. The van der Waals surface area contributed by atoms with Crippen molar-refractivity contribution in [2.75, 3.05) is 35.4 Å². The second-order valence-corrected chi connectivity index (χ2v) is 17.8. The zero-order valence-corrected chi connectivity index (χ0v) is 35.2. The van der Waals surface area contributed by atoms with Gasteiger partial charge in [0.05, 0.1) is 24.4 Å². The molecule has 11 nitrogen and oxygen atoms in total. The van der Waals surface area contributed by atoms with E-state index in [9.17, 15) is 4.79 Å². The molecule has 0 aromatic carbocycles. The van der Waals surface area contributed by atoms with Crippen LogP contribution < -0.4 is 0 Å². The average Bonchev–Trinajstić information content (AvgIpc) is 3.71. The van der Waals surface area contributed by atoms with Crippen LogP contribution in [0.5, 0.6) is 0 Å². The summed E-state index contributed by atoms with van der Waals surface area (Å²) in [5.74, 6) is -0.312. The van der Waals surface area contributed by atoms with Crippen LogP contribution in [0.3, 0.4) is 0 Å². The maximum Gasteiger partial charge on any atom is 0.306 e. The van der Waals surface area contributed by atoms with E-state index in [2.05, 4.69) is 52.4 Å². The number of rotatable bonds is 10. The fourth-order valence-electron chi connectivity index (χ4n) is 11.9. The molecule has 0 aromatic heterocycles. The first-order valence-corrected chi connectivity index (χ1v) is 21.3. The predicted octanol–water partition coefficient (Wildman–Crippen LogP) is 6.37. The minimum atomic E-state index is -0.610. The van der Waals surface area contributed by atoms with E-state index in [-0.39, 0.29) is 109 Å². The summed E-state index contributed by atoms with van der Waals surface area (Å²) < 4.78 is 50.1. The topological polar surface area (TPSA) is 111 Å². The first kappa shape index (κ1) is 42.9. The molecular weight excluding hydrogens is 702 g/mol. The van der Waals surface area contributed by atoms with Gasteiger partial charge in [0, 0.05) is 45.6 Å². The van der Waals surface area contributed by atoms with Crippen molar-refractivity contribution < 1.29 is 47.5 Å². The quantitative estimate of drug-likeness (QED) is 0.183. The number of nitrogens with zero attached hydrogens (tertiary/aromatic N) is 1. The van der Waals surface area contributed by atoms with Gasteiger partial charge in [0.15, 0.2) is 12.6 Å². The molecule has 6 rings (SSSR count). The zero-order valence-electron chi connectivity index (χ0n) is 35.2. The van der Waals surface area contributed by atoms with Crippen molar-refractivity contribution >= 4 is 11.8 Å². The number of likely N-dealkylation sites (N-methyl/N-ethyl adjacent to an activating group) is 1. The highest BCUT2D eigenvalue weighted by molar-refractivity contribution is 5.86. The third-order valence-corrected chi connectivity index (χ3v) is 14.6. The Kier molecular flexibility index (Phi) is 14.4. The number of cyclic esters (lactones) is 1. The molecule has 19 atom stereocenters. The number of allylic oxidation sites excluding steroid dienone is 3. The molecule has 3 aliphatic carbocycles. The Hall–Kier alpha value is -1.70. The van der Waals surface area contributed by atoms with Crippen LogP contribution in [0.4, 0.5) is 0 Å². The number of hydrogen-bond acceptors (Lipinski definition) is 11. The fraction of sp³-hybridized carbons (Fsp3) is 0.864. The molecule has 3 heterocycles. The summed E-state index contributed by atoms with van der Waals surface area (Å²) in [5.41, 5.74) is 1.31. The van der Waals surface area contributed by atoms with E-state index in [1.807, 2.05) is 19.9 Å². The summed E-state index contributed by atoms with van der Waals surface area (Å²) in [6, 6.07) is 0.331. The van der Waals surface area contributed by atoms with Crippen molar-refractivity contribution in [1.29, 1.82) is 0 Å². The Labute approximate surface area is 330 Å². The number of hydrogen-bond donors (Lipinski definition) is 0. The standard InChI is InChI=1S/C44H71NO10/c1-12-27-15-14-16-35(55-37-18-17-34(45(7)8)25(5)51-37)24(4)40(47)39-29(13-2)38-31(33(39)22-36(46)53-27)19-23(3)30-20-28(21-32(30)38)54-44-43(50-11)42(49-10)41(48-9)26(6)52-44/h13,19,24-35,37-39,41-44H,2,12,14-18,20-22H2,1,3-11H3/t24-,25?,26?,27+,28-,29?,30+,31+,32-,33+,34+,35+,37+,38-,39?,41+,42?,43?,44+/m1/s1. The van der Waals surface area contributed by atoms with Crippen molar-refractivity contribution in [1.82, 2.24) is 4.90 Å². The molecule has 11 heteroatoms. The summed E-state index contributed by atoms with van der Waals surface area (Å²) in [4.78, 5) is 31.1. The Morgan fingerprint density at radius 2 is 1.62 bits per heavy atom. The lowest BCUT2D eigenvalue weighted by atomic mass is 9.66. The van der Waals surface area contributed by atoms with Gasteiger partial charge >= 0.3 is 5.97 Å². The number of methoxy groups -OCH3 is 3. The summed E-state index contributed by atoms with van der Waals surface area (Å²) >= 11 is 0. The second-order valence-electron chi connectivity index (χ2n) is 17.8. The summed E-state index contributed by atoms with van der Waals surface area (Å²) in [6.45, 7) is 14.8. The van der Waals surface area contributed by atoms with Crippen LogP contribution in [0.1, 0.15) is 92.4 Å². The van der Waals surface area contributed by atoms with E-state index in [0.29, 0.717) is 18.4 Å².